The number of rotatable bonds is 4. The van der Waals surface area contributed by atoms with E-state index in [9.17, 15) is 14.4 Å². The van der Waals surface area contributed by atoms with Gasteiger partial charge in [0, 0.05) is 16.5 Å². The first kappa shape index (κ1) is 13.7. The third-order valence-electron chi connectivity index (χ3n) is 2.79. The molecule has 0 unspecified atom stereocenters. The van der Waals surface area contributed by atoms with Crippen molar-refractivity contribution in [1.82, 2.24) is 5.32 Å². The van der Waals surface area contributed by atoms with Crippen molar-refractivity contribution in [2.45, 2.75) is 18.9 Å². The molecule has 1 aromatic rings. The molecule has 1 N–H and O–H groups in total. The summed E-state index contributed by atoms with van der Waals surface area (Å²) >= 11 is 3.27. The standard InChI is InChI=1S/C13H12BrNO4/c14-9-3-1-8(2-4-9)11(16)7-19-13(18)10-5-6-12(17)15-10/h1-4,10H,5-7H2,(H,15,17)/t10-/m0/s1. The van der Waals surface area contributed by atoms with Crippen molar-refractivity contribution in [2.75, 3.05) is 6.61 Å². The molecule has 0 saturated carbocycles. The molecular weight excluding hydrogens is 314 g/mol. The van der Waals surface area contributed by atoms with Gasteiger partial charge in [0.1, 0.15) is 6.04 Å². The fourth-order valence-corrected chi connectivity index (χ4v) is 2.01. The lowest BCUT2D eigenvalue weighted by Gasteiger charge is -2.09. The minimum absolute atomic E-state index is 0.166. The maximum absolute atomic E-state index is 11.8. The molecule has 0 spiro atoms. The van der Waals surface area contributed by atoms with Gasteiger partial charge in [0.25, 0.3) is 0 Å². The second-order valence-electron chi connectivity index (χ2n) is 4.20. The number of amides is 1. The monoisotopic (exact) mass is 325 g/mol. The van der Waals surface area contributed by atoms with Crippen LogP contribution in [0.25, 0.3) is 0 Å². The topological polar surface area (TPSA) is 72.5 Å². The van der Waals surface area contributed by atoms with Crippen molar-refractivity contribution in [3.8, 4) is 0 Å². The molecule has 1 atom stereocenters. The smallest absolute Gasteiger partial charge is 0.329 e. The summed E-state index contributed by atoms with van der Waals surface area (Å²) < 4.78 is 5.78. The SMILES string of the molecule is O=C1CC[C@@H](C(=O)OCC(=O)c2ccc(Br)cc2)N1. The van der Waals surface area contributed by atoms with Crippen molar-refractivity contribution < 1.29 is 19.1 Å². The first-order valence-electron chi connectivity index (χ1n) is 5.81. The molecule has 5 nitrogen and oxygen atoms in total. The average molecular weight is 326 g/mol. The Morgan fingerprint density at radius 1 is 1.32 bits per heavy atom. The predicted octanol–water partition coefficient (Wildman–Crippen LogP) is 1.45. The molecule has 1 fully saturated rings. The zero-order chi connectivity index (χ0) is 13.8. The molecule has 1 aromatic carbocycles. The van der Waals surface area contributed by atoms with Crippen molar-refractivity contribution in [2.24, 2.45) is 0 Å². The van der Waals surface area contributed by atoms with Gasteiger partial charge in [0.2, 0.25) is 5.91 Å². The Morgan fingerprint density at radius 3 is 2.58 bits per heavy atom. The van der Waals surface area contributed by atoms with Crippen molar-refractivity contribution in [3.63, 3.8) is 0 Å². The highest BCUT2D eigenvalue weighted by atomic mass is 79.9. The van der Waals surface area contributed by atoms with E-state index in [-0.39, 0.29) is 18.3 Å². The van der Waals surface area contributed by atoms with E-state index >= 15 is 0 Å². The molecular formula is C13H12BrNO4. The molecule has 0 bridgehead atoms. The summed E-state index contributed by atoms with van der Waals surface area (Å²) in [6.07, 6.45) is 0.741. The van der Waals surface area contributed by atoms with Gasteiger partial charge in [-0.15, -0.1) is 0 Å². The Bertz CT molecular complexity index is 512. The first-order chi connectivity index (χ1) is 9.06. The van der Waals surface area contributed by atoms with Crippen LogP contribution in [-0.2, 0) is 14.3 Å². The molecule has 1 aliphatic heterocycles. The number of halogens is 1. The summed E-state index contributed by atoms with van der Waals surface area (Å²) in [5, 5.41) is 2.49. The lowest BCUT2D eigenvalue weighted by molar-refractivity contribution is -0.145. The van der Waals surface area contributed by atoms with Crippen LogP contribution >= 0.6 is 15.9 Å². The molecule has 1 amide bonds. The summed E-state index contributed by atoms with van der Waals surface area (Å²) in [4.78, 5) is 34.3. The Balaban J connectivity index is 1.85. The van der Waals surface area contributed by atoms with Gasteiger partial charge in [0.15, 0.2) is 12.4 Å². The van der Waals surface area contributed by atoms with E-state index < -0.39 is 12.0 Å². The molecule has 2 rings (SSSR count). The van der Waals surface area contributed by atoms with Crippen LogP contribution in [0.3, 0.4) is 0 Å². The van der Waals surface area contributed by atoms with Crippen molar-refractivity contribution in [3.05, 3.63) is 34.3 Å². The number of esters is 1. The minimum Gasteiger partial charge on any atom is -0.456 e. The van der Waals surface area contributed by atoms with E-state index in [0.29, 0.717) is 18.4 Å². The molecule has 1 saturated heterocycles. The first-order valence-corrected chi connectivity index (χ1v) is 6.60. The van der Waals surface area contributed by atoms with Crippen LogP contribution in [0.15, 0.2) is 28.7 Å². The molecule has 0 aromatic heterocycles. The second kappa shape index (κ2) is 5.97. The van der Waals surface area contributed by atoms with Crippen LogP contribution in [0.5, 0.6) is 0 Å². The Labute approximate surface area is 118 Å². The van der Waals surface area contributed by atoms with E-state index in [1.165, 1.54) is 0 Å². The highest BCUT2D eigenvalue weighted by Crippen LogP contribution is 2.12. The molecule has 1 heterocycles. The number of carbonyl (C=O) groups is 3. The summed E-state index contributed by atoms with van der Waals surface area (Å²) in [5.74, 6) is -0.998. The van der Waals surface area contributed by atoms with Crippen LogP contribution in [0, 0.1) is 0 Å². The number of Topliss-reactive ketones (excluding diaryl/α,β-unsaturated/α-hetero) is 1. The number of ether oxygens (including phenoxy) is 1. The number of hydrogen-bond acceptors (Lipinski definition) is 4. The second-order valence-corrected chi connectivity index (χ2v) is 5.11. The van der Waals surface area contributed by atoms with E-state index in [1.807, 2.05) is 0 Å². The summed E-state index contributed by atoms with van der Waals surface area (Å²) in [5.41, 5.74) is 0.478. The molecule has 19 heavy (non-hydrogen) atoms. The van der Waals surface area contributed by atoms with Gasteiger partial charge >= 0.3 is 5.97 Å². The van der Waals surface area contributed by atoms with Gasteiger partial charge < -0.3 is 10.1 Å². The molecule has 0 aliphatic carbocycles. The van der Waals surface area contributed by atoms with E-state index in [4.69, 9.17) is 4.74 Å². The number of hydrogen-bond donors (Lipinski definition) is 1. The maximum Gasteiger partial charge on any atom is 0.329 e. The number of nitrogens with one attached hydrogen (secondary N) is 1. The van der Waals surface area contributed by atoms with Crippen LogP contribution in [0.1, 0.15) is 23.2 Å². The lowest BCUT2D eigenvalue weighted by atomic mass is 10.1. The van der Waals surface area contributed by atoms with Gasteiger partial charge in [-0.05, 0) is 18.6 Å². The average Bonchev–Trinajstić information content (AvgIpc) is 2.83. The minimum atomic E-state index is -0.620. The van der Waals surface area contributed by atoms with Crippen molar-refractivity contribution >= 4 is 33.6 Å². The summed E-state index contributed by atoms with van der Waals surface area (Å²) in [6, 6.07) is 6.17. The Morgan fingerprint density at radius 2 is 2.00 bits per heavy atom. The third-order valence-corrected chi connectivity index (χ3v) is 3.32. The van der Waals surface area contributed by atoms with Crippen LogP contribution < -0.4 is 5.32 Å². The quantitative estimate of drug-likeness (QED) is 0.671. The molecule has 6 heteroatoms. The predicted molar refractivity (Wildman–Crippen MR) is 70.6 cm³/mol. The van der Waals surface area contributed by atoms with Gasteiger partial charge in [-0.2, -0.15) is 0 Å². The van der Waals surface area contributed by atoms with Gasteiger partial charge in [-0.25, -0.2) is 4.79 Å². The number of carbonyl (C=O) groups excluding carboxylic acids is 3. The Kier molecular flexibility index (Phi) is 4.31. The zero-order valence-corrected chi connectivity index (χ0v) is 11.6. The number of benzene rings is 1. The fourth-order valence-electron chi connectivity index (χ4n) is 1.75. The highest BCUT2D eigenvalue weighted by molar-refractivity contribution is 9.10. The normalized spacial score (nSPS) is 17.9. The van der Waals surface area contributed by atoms with Crippen molar-refractivity contribution in [1.29, 1.82) is 0 Å². The van der Waals surface area contributed by atoms with Gasteiger partial charge in [-0.1, -0.05) is 28.1 Å². The van der Waals surface area contributed by atoms with Crippen LogP contribution in [0.2, 0.25) is 0 Å². The lowest BCUT2D eigenvalue weighted by Crippen LogP contribution is -2.35. The molecule has 0 radical (unpaired) electrons. The largest absolute Gasteiger partial charge is 0.456 e. The van der Waals surface area contributed by atoms with E-state index in [1.54, 1.807) is 24.3 Å². The highest BCUT2D eigenvalue weighted by Gasteiger charge is 2.28. The third kappa shape index (κ3) is 3.64. The molecule has 1 aliphatic rings. The van der Waals surface area contributed by atoms with Gasteiger partial charge in [-0.3, -0.25) is 9.59 Å². The fraction of sp³-hybridized carbons (Fsp3) is 0.308. The Hall–Kier alpha value is -1.69. The van der Waals surface area contributed by atoms with E-state index in [2.05, 4.69) is 21.2 Å². The zero-order valence-electron chi connectivity index (χ0n) is 10.0. The summed E-state index contributed by atoms with van der Waals surface area (Å²) in [6.45, 7) is -0.313. The molecule has 100 valence electrons. The number of ketones is 1. The summed E-state index contributed by atoms with van der Waals surface area (Å²) in [7, 11) is 0. The maximum atomic E-state index is 11.8. The van der Waals surface area contributed by atoms with Crippen LogP contribution in [-0.4, -0.2) is 30.3 Å². The van der Waals surface area contributed by atoms with E-state index in [0.717, 1.165) is 4.47 Å². The van der Waals surface area contributed by atoms with Crippen LogP contribution in [0.4, 0.5) is 0 Å². The van der Waals surface area contributed by atoms with Gasteiger partial charge in [0.05, 0.1) is 0 Å².